The van der Waals surface area contributed by atoms with Gasteiger partial charge in [0.05, 0.1) is 12.4 Å². The molecule has 5 unspecified atom stereocenters. The second-order valence-electron chi connectivity index (χ2n) is 9.52. The van der Waals surface area contributed by atoms with E-state index in [9.17, 15) is 40.3 Å². The molecular weight excluding hydrogens is 604 g/mol. The van der Waals surface area contributed by atoms with Gasteiger partial charge in [0.1, 0.15) is 20.5 Å². The number of carbonyl (C=O) groups excluding carboxylic acids is 3. The summed E-state index contributed by atoms with van der Waals surface area (Å²) in [6, 6.07) is 6.56. The molecule has 17 heteroatoms. The predicted octanol–water partition coefficient (Wildman–Crippen LogP) is 0.267. The van der Waals surface area contributed by atoms with Crippen molar-refractivity contribution in [3.8, 4) is 0 Å². The minimum absolute atomic E-state index is 0.0259. The maximum atomic E-state index is 13.2. The summed E-state index contributed by atoms with van der Waals surface area (Å²) in [5.74, 6) is -4.30. The molecule has 0 bridgehead atoms. The van der Waals surface area contributed by atoms with E-state index < -0.39 is 103 Å². The van der Waals surface area contributed by atoms with Gasteiger partial charge in [-0.05, 0) is 53.9 Å². The number of nitrogens with one attached hydrogen (secondary N) is 1. The summed E-state index contributed by atoms with van der Waals surface area (Å²) < 4.78 is 84.6. The van der Waals surface area contributed by atoms with E-state index >= 15 is 0 Å². The zero-order valence-corrected chi connectivity index (χ0v) is 25.6. The molecule has 1 rings (SSSR count). The second kappa shape index (κ2) is 16.9. The smallest absolute Gasteiger partial charge is 0.511 e. The number of hydrogen-bond donors (Lipinski definition) is 2. The highest BCUT2D eigenvalue weighted by molar-refractivity contribution is 7.99. The minimum Gasteiger partial charge on any atom is -0.771 e. The summed E-state index contributed by atoms with van der Waals surface area (Å²) in [4.78, 5) is 37.3. The topological polar surface area (TPSA) is 231 Å². The van der Waals surface area contributed by atoms with E-state index in [0.29, 0.717) is 5.56 Å². The summed E-state index contributed by atoms with van der Waals surface area (Å²) in [5, 5.41) is 2.30. The Balaban J connectivity index is 3.21. The van der Waals surface area contributed by atoms with Crippen molar-refractivity contribution in [3.05, 3.63) is 35.9 Å². The van der Waals surface area contributed by atoms with Crippen LogP contribution in [-0.4, -0.2) is 85.5 Å². The maximum Gasteiger partial charge on any atom is 0.511 e. The first-order valence-electron chi connectivity index (χ1n) is 12.5. The fourth-order valence-electron chi connectivity index (χ4n) is 3.67. The number of hydrogen-bond acceptors (Lipinski definition) is 13. The molecule has 14 nitrogen and oxygen atoms in total. The van der Waals surface area contributed by atoms with Crippen LogP contribution in [-0.2, 0) is 62.2 Å². The Morgan fingerprint density at radius 1 is 1.07 bits per heavy atom. The van der Waals surface area contributed by atoms with Crippen LogP contribution in [0.5, 0.6) is 0 Å². The lowest BCUT2D eigenvalue weighted by molar-refractivity contribution is -0.178. The maximum absolute atomic E-state index is 13.2. The molecule has 0 spiro atoms. The van der Waals surface area contributed by atoms with Crippen molar-refractivity contribution in [2.24, 2.45) is 17.6 Å². The van der Waals surface area contributed by atoms with E-state index in [4.69, 9.17) is 15.2 Å². The summed E-state index contributed by atoms with van der Waals surface area (Å²) in [6.45, 7) is 4.05. The number of rotatable bonds is 17. The lowest BCUT2D eigenvalue weighted by Gasteiger charge is -2.43. The Morgan fingerprint density at radius 2 is 1.66 bits per heavy atom. The van der Waals surface area contributed by atoms with Crippen molar-refractivity contribution in [1.82, 2.24) is 5.32 Å². The van der Waals surface area contributed by atoms with Crippen LogP contribution in [0.2, 0.25) is 0 Å². The van der Waals surface area contributed by atoms with Crippen LogP contribution < -0.4 is 11.1 Å². The quantitative estimate of drug-likeness (QED) is 0.132. The number of ether oxygens (including phenoxy) is 3. The third kappa shape index (κ3) is 12.1. The van der Waals surface area contributed by atoms with Crippen molar-refractivity contribution in [1.29, 1.82) is 0 Å². The van der Waals surface area contributed by atoms with Gasteiger partial charge in [-0.2, -0.15) is 0 Å². The van der Waals surface area contributed by atoms with Crippen LogP contribution in [0.3, 0.4) is 0 Å². The average Bonchev–Trinajstić information content (AvgIpc) is 2.87. The van der Waals surface area contributed by atoms with E-state index in [-0.39, 0.29) is 13.0 Å². The first-order chi connectivity index (χ1) is 19.0. The molecule has 234 valence electrons. The molecule has 0 aliphatic heterocycles. The Bertz CT molecular complexity index is 1160. The lowest BCUT2D eigenvalue weighted by Crippen LogP contribution is -2.57. The monoisotopic (exact) mass is 640 g/mol. The molecule has 0 saturated carbocycles. The third-order valence-electron chi connectivity index (χ3n) is 5.83. The number of esters is 1. The molecular formula is C24H36N2O12S3-2. The first-order valence-corrected chi connectivity index (χ1v) is 16.7. The van der Waals surface area contributed by atoms with Crippen molar-refractivity contribution < 1.29 is 54.5 Å². The highest BCUT2D eigenvalue weighted by atomic mass is 32.3. The molecule has 0 aromatic heterocycles. The van der Waals surface area contributed by atoms with Gasteiger partial charge in [0.15, 0.2) is 0 Å². The molecule has 0 saturated heterocycles. The van der Waals surface area contributed by atoms with E-state index in [2.05, 4.69) is 10.1 Å². The molecule has 0 radical (unpaired) electrons. The van der Waals surface area contributed by atoms with Crippen LogP contribution in [0.4, 0.5) is 4.79 Å². The molecule has 0 heterocycles. The van der Waals surface area contributed by atoms with Crippen molar-refractivity contribution in [3.63, 3.8) is 0 Å². The Labute approximate surface area is 244 Å². The fraction of sp³-hybridized carbons (Fsp3) is 0.625. The van der Waals surface area contributed by atoms with Gasteiger partial charge in [0.25, 0.3) is 6.29 Å². The lowest BCUT2D eigenvalue weighted by atomic mass is 9.91. The zero-order valence-electron chi connectivity index (χ0n) is 23.1. The fourth-order valence-corrected chi connectivity index (χ4v) is 6.20. The van der Waals surface area contributed by atoms with Crippen molar-refractivity contribution in [2.75, 3.05) is 25.2 Å². The van der Waals surface area contributed by atoms with Gasteiger partial charge in [-0.15, -0.1) is 0 Å². The van der Waals surface area contributed by atoms with Crippen LogP contribution in [0.25, 0.3) is 0 Å². The predicted molar refractivity (Wildman–Crippen MR) is 147 cm³/mol. The van der Waals surface area contributed by atoms with Crippen LogP contribution in [0, 0.1) is 11.8 Å². The van der Waals surface area contributed by atoms with Gasteiger partial charge in [0, 0.05) is 24.1 Å². The normalized spacial score (nSPS) is 16.9. The molecule has 0 aliphatic carbocycles. The van der Waals surface area contributed by atoms with E-state index in [1.165, 1.54) is 0 Å². The first kappa shape index (κ1) is 36.6. The minimum atomic E-state index is -3.62. The van der Waals surface area contributed by atoms with Gasteiger partial charge in [0.2, 0.25) is 5.91 Å². The summed E-state index contributed by atoms with van der Waals surface area (Å²) >= 11 is -6.79. The largest absolute Gasteiger partial charge is 0.771 e. The number of amides is 1. The summed E-state index contributed by atoms with van der Waals surface area (Å²) in [5.41, 5.74) is 6.51. The SMILES string of the molecule is CCOC(=O)OC(OC(=O)CNC(=O)C(Cc1ccccc1)CC(C(N)CCS(C)(=O)=O)(S(=O)[O-])S(=O)[O-])C(C)C. The van der Waals surface area contributed by atoms with Crippen molar-refractivity contribution in [2.45, 2.75) is 56.4 Å². The van der Waals surface area contributed by atoms with Gasteiger partial charge in [-0.3, -0.25) is 18.0 Å². The van der Waals surface area contributed by atoms with Gasteiger partial charge < -0.3 is 34.4 Å². The molecule has 0 fully saturated rings. The Kier molecular flexibility index (Phi) is 15.0. The van der Waals surface area contributed by atoms with Gasteiger partial charge >= 0.3 is 12.1 Å². The number of benzene rings is 1. The van der Waals surface area contributed by atoms with E-state index in [1.807, 2.05) is 0 Å². The summed E-state index contributed by atoms with van der Waals surface area (Å²) in [7, 11) is -3.62. The molecule has 1 aromatic carbocycles. The Morgan fingerprint density at radius 3 is 2.15 bits per heavy atom. The van der Waals surface area contributed by atoms with Crippen LogP contribution in [0.15, 0.2) is 30.3 Å². The Hall–Kier alpha value is -2.44. The highest BCUT2D eigenvalue weighted by Gasteiger charge is 2.44. The molecule has 0 aliphatic rings. The molecule has 1 aromatic rings. The molecule has 1 amide bonds. The summed E-state index contributed by atoms with van der Waals surface area (Å²) in [6.07, 6.45) is -2.99. The standard InChI is InChI=1S/C24H38N2O12S3/c1-5-36-23(29)38-22(16(2)3)37-20(27)15-26-21(28)18(13-17-9-7-6-8-10-17)14-24(39(30)31,40(32)33)19(25)11-12-41(4,34)35/h6-10,16,18-19,22H,5,11-15,25H2,1-4H3,(H,26,28)(H,30,31)(H,32,33)/p-2. The number of carbonyl (C=O) groups is 3. The number of sulfone groups is 1. The molecule has 5 atom stereocenters. The average molecular weight is 641 g/mol. The second-order valence-corrected chi connectivity index (χ2v) is 14.4. The number of nitrogens with two attached hydrogens (primary N) is 1. The third-order valence-corrected chi connectivity index (χ3v) is 9.69. The zero-order chi connectivity index (χ0) is 31.4. The van der Waals surface area contributed by atoms with E-state index in [1.54, 1.807) is 51.1 Å². The van der Waals surface area contributed by atoms with Crippen molar-refractivity contribution >= 4 is 50.0 Å². The van der Waals surface area contributed by atoms with Crippen LogP contribution >= 0.6 is 0 Å². The van der Waals surface area contributed by atoms with E-state index in [0.717, 1.165) is 6.26 Å². The molecule has 41 heavy (non-hydrogen) atoms. The highest BCUT2D eigenvalue weighted by Crippen LogP contribution is 2.33. The van der Waals surface area contributed by atoms with Gasteiger partial charge in [-0.1, -0.05) is 44.2 Å². The van der Waals surface area contributed by atoms with Crippen LogP contribution in [0.1, 0.15) is 39.2 Å². The van der Waals surface area contributed by atoms with Gasteiger partial charge in [-0.25, -0.2) is 13.2 Å². The molecule has 3 N–H and O–H groups in total.